The molecule has 1 aliphatic heterocycles. The summed E-state index contributed by atoms with van der Waals surface area (Å²) in [7, 11) is 0. The van der Waals surface area contributed by atoms with E-state index in [1.807, 2.05) is 0 Å². The molecule has 3 aliphatic rings. The van der Waals surface area contributed by atoms with Crippen molar-refractivity contribution >= 4 is 17.5 Å². The highest BCUT2D eigenvalue weighted by Gasteiger charge is 2.56. The van der Waals surface area contributed by atoms with Gasteiger partial charge < -0.3 is 10.1 Å². The lowest BCUT2D eigenvalue weighted by Gasteiger charge is -2.50. The minimum Gasteiger partial charge on any atom is -0.377 e. The normalized spacial score (nSPS) is 32.4. The molecule has 3 nitrogen and oxygen atoms in total. The van der Waals surface area contributed by atoms with Crippen LogP contribution in [0.15, 0.2) is 18.2 Å². The Bertz CT molecular complexity index is 627. The zero-order valence-electron chi connectivity index (χ0n) is 13.6. The van der Waals surface area contributed by atoms with Gasteiger partial charge in [-0.3, -0.25) is 4.79 Å². The van der Waals surface area contributed by atoms with Crippen LogP contribution in [0.4, 0.5) is 4.39 Å². The summed E-state index contributed by atoms with van der Waals surface area (Å²) in [6, 6.07) is 4.43. The SMILES string of the molecule is O=C(Cc1ccc(F)cc1Cl)N[C@H]1[C@@H]2CCO[C@@H]2[C@@H]1C1CCCC1. The standard InChI is InChI=1S/C19H23ClFNO2/c20-15-10-13(21)6-5-12(15)9-16(23)22-18-14-7-8-24-19(14)17(18)11-3-1-2-4-11/h5-6,10-11,14,17-19H,1-4,7-9H2,(H,22,23)/t14-,17+,18-,19-/m0/s1. The fraction of sp³-hybridized carbons (Fsp3) is 0.632. The van der Waals surface area contributed by atoms with E-state index in [1.165, 1.54) is 37.8 Å². The van der Waals surface area contributed by atoms with Crippen LogP contribution in [0.25, 0.3) is 0 Å². The molecule has 0 bridgehead atoms. The van der Waals surface area contributed by atoms with Crippen LogP contribution in [0.2, 0.25) is 5.02 Å². The summed E-state index contributed by atoms with van der Waals surface area (Å²) in [5.74, 6) is 1.21. The Hall–Kier alpha value is -1.13. The number of fused-ring (bicyclic) bond motifs is 1. The van der Waals surface area contributed by atoms with Crippen LogP contribution >= 0.6 is 11.6 Å². The fourth-order valence-corrected chi connectivity index (χ4v) is 5.17. The quantitative estimate of drug-likeness (QED) is 0.897. The molecule has 0 spiro atoms. The molecule has 0 aromatic heterocycles. The first-order valence-corrected chi connectivity index (χ1v) is 9.36. The average molecular weight is 352 g/mol. The van der Waals surface area contributed by atoms with Crippen molar-refractivity contribution in [2.24, 2.45) is 17.8 Å². The molecule has 4 atom stereocenters. The molecular weight excluding hydrogens is 329 g/mol. The maximum atomic E-state index is 13.1. The molecule has 4 rings (SSSR count). The van der Waals surface area contributed by atoms with E-state index in [9.17, 15) is 9.18 Å². The monoisotopic (exact) mass is 351 g/mol. The number of rotatable bonds is 4. The Balaban J connectivity index is 1.42. The second-order valence-electron chi connectivity index (χ2n) is 7.42. The Morgan fingerprint density at radius 3 is 2.83 bits per heavy atom. The van der Waals surface area contributed by atoms with Crippen molar-refractivity contribution in [3.8, 4) is 0 Å². The van der Waals surface area contributed by atoms with Gasteiger partial charge in [0.1, 0.15) is 5.82 Å². The van der Waals surface area contributed by atoms with E-state index in [-0.39, 0.29) is 24.2 Å². The molecular formula is C19H23ClFNO2. The molecule has 1 aromatic rings. The zero-order valence-corrected chi connectivity index (χ0v) is 14.4. The van der Waals surface area contributed by atoms with Crippen LogP contribution in [-0.2, 0) is 16.0 Å². The Labute approximate surface area is 146 Å². The van der Waals surface area contributed by atoms with Gasteiger partial charge in [0.2, 0.25) is 5.91 Å². The summed E-state index contributed by atoms with van der Waals surface area (Å²) in [4.78, 5) is 12.5. The number of nitrogens with one attached hydrogen (secondary N) is 1. The first kappa shape index (κ1) is 16.3. The van der Waals surface area contributed by atoms with Crippen LogP contribution in [0.3, 0.4) is 0 Å². The summed E-state index contributed by atoms with van der Waals surface area (Å²) in [5.41, 5.74) is 0.673. The van der Waals surface area contributed by atoms with E-state index >= 15 is 0 Å². The highest BCUT2D eigenvalue weighted by molar-refractivity contribution is 6.31. The molecule has 0 unspecified atom stereocenters. The van der Waals surface area contributed by atoms with E-state index in [2.05, 4.69) is 5.32 Å². The first-order valence-electron chi connectivity index (χ1n) is 8.98. The van der Waals surface area contributed by atoms with Gasteiger partial charge in [0.15, 0.2) is 0 Å². The van der Waals surface area contributed by atoms with Crippen LogP contribution < -0.4 is 5.32 Å². The van der Waals surface area contributed by atoms with Crippen molar-refractivity contribution in [2.75, 3.05) is 6.61 Å². The van der Waals surface area contributed by atoms with Crippen molar-refractivity contribution in [3.63, 3.8) is 0 Å². The van der Waals surface area contributed by atoms with Crippen molar-refractivity contribution in [1.29, 1.82) is 0 Å². The molecule has 2 saturated carbocycles. The van der Waals surface area contributed by atoms with Gasteiger partial charge in [0.25, 0.3) is 0 Å². The van der Waals surface area contributed by atoms with Gasteiger partial charge >= 0.3 is 0 Å². The third-order valence-electron chi connectivity index (χ3n) is 6.08. The molecule has 130 valence electrons. The van der Waals surface area contributed by atoms with E-state index in [4.69, 9.17) is 16.3 Å². The lowest BCUT2D eigenvalue weighted by Crippen LogP contribution is -2.63. The molecule has 1 N–H and O–H groups in total. The summed E-state index contributed by atoms with van der Waals surface area (Å²) < 4.78 is 19.1. The summed E-state index contributed by atoms with van der Waals surface area (Å²) >= 11 is 6.04. The lowest BCUT2D eigenvalue weighted by atomic mass is 9.61. The fourth-order valence-electron chi connectivity index (χ4n) is 4.93. The van der Waals surface area contributed by atoms with E-state index in [0.717, 1.165) is 13.0 Å². The highest BCUT2D eigenvalue weighted by Crippen LogP contribution is 2.51. The topological polar surface area (TPSA) is 38.3 Å². The van der Waals surface area contributed by atoms with Crippen LogP contribution in [0, 0.1) is 23.6 Å². The molecule has 1 heterocycles. The Morgan fingerprint density at radius 1 is 1.29 bits per heavy atom. The minimum atomic E-state index is -0.379. The van der Waals surface area contributed by atoms with Crippen LogP contribution in [0.5, 0.6) is 0 Å². The summed E-state index contributed by atoms with van der Waals surface area (Å²) in [5, 5.41) is 3.55. The first-order chi connectivity index (χ1) is 11.6. The van der Waals surface area contributed by atoms with Gasteiger partial charge in [-0.1, -0.05) is 43.4 Å². The zero-order chi connectivity index (χ0) is 16.7. The maximum Gasteiger partial charge on any atom is 0.224 e. The number of carbonyl (C=O) groups is 1. The average Bonchev–Trinajstić information content (AvgIpc) is 3.19. The van der Waals surface area contributed by atoms with E-state index in [0.29, 0.717) is 34.4 Å². The third-order valence-corrected chi connectivity index (χ3v) is 6.43. The number of hydrogen-bond donors (Lipinski definition) is 1. The maximum absolute atomic E-state index is 13.1. The second-order valence-corrected chi connectivity index (χ2v) is 7.82. The number of carbonyl (C=O) groups excluding carboxylic acids is 1. The van der Waals surface area contributed by atoms with Crippen LogP contribution in [-0.4, -0.2) is 24.7 Å². The molecule has 2 aliphatic carbocycles. The van der Waals surface area contributed by atoms with Gasteiger partial charge in [-0.15, -0.1) is 0 Å². The molecule has 0 radical (unpaired) electrons. The summed E-state index contributed by atoms with van der Waals surface area (Å²) in [6.07, 6.45) is 6.68. The third kappa shape index (κ3) is 2.95. The predicted molar refractivity (Wildman–Crippen MR) is 90.3 cm³/mol. The molecule has 3 fully saturated rings. The number of halogens is 2. The van der Waals surface area contributed by atoms with Gasteiger partial charge in [-0.2, -0.15) is 0 Å². The molecule has 24 heavy (non-hydrogen) atoms. The van der Waals surface area contributed by atoms with Crippen molar-refractivity contribution in [2.45, 2.75) is 50.7 Å². The van der Waals surface area contributed by atoms with Crippen molar-refractivity contribution < 1.29 is 13.9 Å². The number of hydrogen-bond acceptors (Lipinski definition) is 2. The largest absolute Gasteiger partial charge is 0.377 e. The number of amides is 1. The van der Waals surface area contributed by atoms with Gasteiger partial charge in [0, 0.05) is 29.5 Å². The second kappa shape index (κ2) is 6.64. The number of ether oxygens (including phenoxy) is 1. The van der Waals surface area contributed by atoms with Crippen LogP contribution in [0.1, 0.15) is 37.7 Å². The van der Waals surface area contributed by atoms with Gasteiger partial charge in [-0.25, -0.2) is 4.39 Å². The smallest absolute Gasteiger partial charge is 0.224 e. The highest BCUT2D eigenvalue weighted by atomic mass is 35.5. The number of benzene rings is 1. The lowest BCUT2D eigenvalue weighted by molar-refractivity contribution is -0.129. The van der Waals surface area contributed by atoms with Crippen molar-refractivity contribution in [3.05, 3.63) is 34.6 Å². The van der Waals surface area contributed by atoms with Gasteiger partial charge in [0.05, 0.1) is 12.5 Å². The predicted octanol–water partition coefficient (Wildman–Crippen LogP) is 3.73. The Morgan fingerprint density at radius 2 is 2.08 bits per heavy atom. The minimum absolute atomic E-state index is 0.0261. The van der Waals surface area contributed by atoms with E-state index in [1.54, 1.807) is 6.07 Å². The summed E-state index contributed by atoms with van der Waals surface area (Å²) in [6.45, 7) is 0.814. The van der Waals surface area contributed by atoms with Gasteiger partial charge in [-0.05, 0) is 30.0 Å². The molecule has 1 aromatic carbocycles. The molecule has 5 heteroatoms. The Kier molecular flexibility index (Phi) is 4.52. The van der Waals surface area contributed by atoms with E-state index < -0.39 is 0 Å². The molecule has 1 amide bonds. The molecule has 1 saturated heterocycles. The van der Waals surface area contributed by atoms with Crippen molar-refractivity contribution in [1.82, 2.24) is 5.32 Å².